The van der Waals surface area contributed by atoms with Gasteiger partial charge >= 0.3 is 7.12 Å². The molecule has 132 valence electrons. The lowest BCUT2D eigenvalue weighted by molar-refractivity contribution is -0.121. The number of fused-ring (bicyclic) bond motifs is 1. The third-order valence-electron chi connectivity index (χ3n) is 4.07. The maximum absolute atomic E-state index is 12.1. The van der Waals surface area contributed by atoms with Crippen molar-refractivity contribution in [3.63, 3.8) is 0 Å². The molecule has 1 aliphatic heterocycles. The molecule has 9 heteroatoms. The summed E-state index contributed by atoms with van der Waals surface area (Å²) in [6, 6.07) is 5.29. The molecule has 1 aliphatic rings. The number of para-hydroxylation sites is 1. The summed E-state index contributed by atoms with van der Waals surface area (Å²) in [5.74, 6) is -0.298. The van der Waals surface area contributed by atoms with Crippen LogP contribution in [0.15, 0.2) is 29.9 Å². The van der Waals surface area contributed by atoms with Crippen molar-refractivity contribution >= 4 is 24.4 Å². The zero-order valence-electron chi connectivity index (χ0n) is 13.7. The zero-order valence-corrected chi connectivity index (χ0v) is 14.5. The van der Waals surface area contributed by atoms with Crippen molar-refractivity contribution in [2.45, 2.75) is 31.5 Å². The van der Waals surface area contributed by atoms with Crippen molar-refractivity contribution in [3.8, 4) is 5.75 Å². The number of aliphatic hydroxyl groups excluding tert-OH is 1. The molecule has 2 atom stereocenters. The Morgan fingerprint density at radius 1 is 1.60 bits per heavy atom. The molecule has 0 bridgehead atoms. The Balaban J connectivity index is 1.64. The van der Waals surface area contributed by atoms with E-state index < -0.39 is 19.3 Å². The Morgan fingerprint density at radius 3 is 3.16 bits per heavy atom. The molecule has 0 fully saturated rings. The topological polar surface area (TPSA) is 101 Å². The second-order valence-corrected chi connectivity index (χ2v) is 6.75. The molecule has 25 heavy (non-hydrogen) atoms. The number of thiazole rings is 1. The Hall–Kier alpha value is -1.94. The third kappa shape index (κ3) is 4.19. The minimum absolute atomic E-state index is 0.155. The monoisotopic (exact) mass is 362 g/mol. The molecule has 3 N–H and O–H groups in total. The van der Waals surface area contributed by atoms with Gasteiger partial charge in [0.1, 0.15) is 5.75 Å². The van der Waals surface area contributed by atoms with Gasteiger partial charge in [-0.1, -0.05) is 18.2 Å². The van der Waals surface area contributed by atoms with E-state index in [0.29, 0.717) is 30.6 Å². The lowest BCUT2D eigenvalue weighted by Gasteiger charge is -2.30. The van der Waals surface area contributed by atoms with Gasteiger partial charge in [0.25, 0.3) is 0 Å². The summed E-state index contributed by atoms with van der Waals surface area (Å²) in [5, 5.41) is 22.9. The average Bonchev–Trinajstić information content (AvgIpc) is 3.13. The number of carbonyl (C=O) groups excluding carboxylic acids is 1. The Morgan fingerprint density at radius 2 is 2.44 bits per heavy atom. The number of ether oxygens (including phenoxy) is 1. The largest absolute Gasteiger partial charge is 0.547 e. The average molecular weight is 362 g/mol. The number of carbonyl (C=O) groups is 1. The molecule has 7 nitrogen and oxygen atoms in total. The van der Waals surface area contributed by atoms with Gasteiger partial charge < -0.3 is 24.8 Å². The number of hydrogen-bond donors (Lipinski definition) is 3. The van der Waals surface area contributed by atoms with E-state index in [1.807, 2.05) is 6.07 Å². The van der Waals surface area contributed by atoms with Crippen LogP contribution in [-0.4, -0.2) is 41.2 Å². The smallest absolute Gasteiger partial charge is 0.534 e. The molecule has 1 amide bonds. The molecule has 3 rings (SSSR count). The molecule has 2 heterocycles. The highest BCUT2D eigenvalue weighted by Crippen LogP contribution is 2.33. The van der Waals surface area contributed by atoms with Crippen LogP contribution in [0.5, 0.6) is 5.75 Å². The van der Waals surface area contributed by atoms with E-state index in [1.54, 1.807) is 23.8 Å². The van der Waals surface area contributed by atoms with Gasteiger partial charge in [0.15, 0.2) is 6.29 Å². The maximum Gasteiger partial charge on any atom is 0.547 e. The molecule has 1 aromatic heterocycles. The summed E-state index contributed by atoms with van der Waals surface area (Å²) < 4.78 is 10.5. The van der Waals surface area contributed by atoms with E-state index in [2.05, 4.69) is 10.3 Å². The normalized spacial score (nSPS) is 17.6. The van der Waals surface area contributed by atoms with Crippen molar-refractivity contribution in [2.75, 3.05) is 7.11 Å². The van der Waals surface area contributed by atoms with Crippen LogP contribution < -0.4 is 9.97 Å². The summed E-state index contributed by atoms with van der Waals surface area (Å²) in [5.41, 5.74) is 2.98. The second kappa shape index (κ2) is 7.96. The summed E-state index contributed by atoms with van der Waals surface area (Å²) in [6.07, 6.45) is 1.96. The van der Waals surface area contributed by atoms with Crippen LogP contribution >= 0.6 is 11.3 Å². The molecule has 0 radical (unpaired) electrons. The highest BCUT2D eigenvalue weighted by molar-refractivity contribution is 7.09. The first kappa shape index (κ1) is 17.9. The predicted octanol–water partition coefficient (Wildman–Crippen LogP) is 0.853. The summed E-state index contributed by atoms with van der Waals surface area (Å²) >= 11 is 1.51. The van der Waals surface area contributed by atoms with Gasteiger partial charge in [-0.15, -0.1) is 11.3 Å². The van der Waals surface area contributed by atoms with Gasteiger partial charge in [-0.2, -0.15) is 0 Å². The van der Waals surface area contributed by atoms with Crippen molar-refractivity contribution in [2.24, 2.45) is 0 Å². The first-order valence-corrected chi connectivity index (χ1v) is 8.80. The lowest BCUT2D eigenvalue weighted by Crippen LogP contribution is -2.53. The molecule has 1 aromatic carbocycles. The number of nitrogens with one attached hydrogen (secondary N) is 1. The third-order valence-corrected chi connectivity index (χ3v) is 4.91. The molecule has 0 saturated heterocycles. The van der Waals surface area contributed by atoms with Crippen LogP contribution in [0.2, 0.25) is 0 Å². The Kier molecular flexibility index (Phi) is 5.69. The van der Waals surface area contributed by atoms with Gasteiger partial charge in [-0.05, 0) is 18.4 Å². The van der Waals surface area contributed by atoms with Crippen LogP contribution in [0, 0.1) is 0 Å². The number of aromatic nitrogens is 1. The van der Waals surface area contributed by atoms with Gasteiger partial charge in [-0.3, -0.25) is 9.78 Å². The van der Waals surface area contributed by atoms with Crippen LogP contribution in [0.3, 0.4) is 0 Å². The molecule has 0 spiro atoms. The highest BCUT2D eigenvalue weighted by atomic mass is 32.1. The first-order valence-electron chi connectivity index (χ1n) is 7.92. The minimum atomic E-state index is -1.19. The predicted molar refractivity (Wildman–Crippen MR) is 93.1 cm³/mol. The number of methoxy groups -OCH3 is 1. The number of rotatable bonds is 6. The van der Waals surface area contributed by atoms with Crippen molar-refractivity contribution in [3.05, 3.63) is 45.9 Å². The lowest BCUT2D eigenvalue weighted by atomic mass is 9.72. The van der Waals surface area contributed by atoms with Crippen LogP contribution in [-0.2, 0) is 22.4 Å². The zero-order chi connectivity index (χ0) is 17.8. The van der Waals surface area contributed by atoms with Crippen LogP contribution in [0.4, 0.5) is 0 Å². The van der Waals surface area contributed by atoms with E-state index in [0.717, 1.165) is 10.4 Å². The molecule has 1 unspecified atom stereocenters. The molecule has 0 saturated carbocycles. The minimum Gasteiger partial charge on any atom is -0.534 e. The number of amides is 1. The Bertz CT molecular complexity index is 727. The van der Waals surface area contributed by atoms with E-state index in [9.17, 15) is 14.9 Å². The number of aryl methyl sites for hydroxylation is 1. The quantitative estimate of drug-likeness (QED) is 0.520. The molecular weight excluding hydrogens is 343 g/mol. The number of benzene rings is 1. The second-order valence-electron chi connectivity index (χ2n) is 5.78. The van der Waals surface area contributed by atoms with E-state index in [1.165, 1.54) is 18.4 Å². The van der Waals surface area contributed by atoms with Crippen molar-refractivity contribution < 1.29 is 24.3 Å². The fraction of sp³-hybridized carbons (Fsp3) is 0.375. The number of hydrogen-bond acceptors (Lipinski definition) is 7. The molecular formula is C16H19BN2O5S. The van der Waals surface area contributed by atoms with Gasteiger partial charge in [-0.25, -0.2) is 0 Å². The molecule has 2 aromatic rings. The van der Waals surface area contributed by atoms with Gasteiger partial charge in [0.2, 0.25) is 5.91 Å². The van der Waals surface area contributed by atoms with E-state index in [-0.39, 0.29) is 5.91 Å². The SMILES string of the molecule is COC(O)c1cccc2c1OB(O)[C@@H](NC(=O)CCc1cncs1)C2. The van der Waals surface area contributed by atoms with Crippen molar-refractivity contribution in [1.82, 2.24) is 10.3 Å². The number of nitrogens with zero attached hydrogens (tertiary/aromatic N) is 1. The van der Waals surface area contributed by atoms with E-state index in [4.69, 9.17) is 9.39 Å². The van der Waals surface area contributed by atoms with Crippen LogP contribution in [0.25, 0.3) is 0 Å². The Labute approximate surface area is 149 Å². The summed E-state index contributed by atoms with van der Waals surface area (Å²) in [7, 11) is 0.195. The van der Waals surface area contributed by atoms with Gasteiger partial charge in [0, 0.05) is 30.2 Å². The fourth-order valence-corrected chi connectivity index (χ4v) is 3.37. The van der Waals surface area contributed by atoms with E-state index >= 15 is 0 Å². The maximum atomic E-state index is 12.1. The van der Waals surface area contributed by atoms with Crippen LogP contribution in [0.1, 0.15) is 28.7 Å². The van der Waals surface area contributed by atoms with Gasteiger partial charge in [0.05, 0.1) is 11.5 Å². The summed E-state index contributed by atoms with van der Waals surface area (Å²) in [6.45, 7) is 0. The first-order chi connectivity index (χ1) is 12.1. The summed E-state index contributed by atoms with van der Waals surface area (Å²) in [4.78, 5) is 17.2. The highest BCUT2D eigenvalue weighted by Gasteiger charge is 2.37. The number of aliphatic hydroxyl groups is 1. The standard InChI is InChI=1S/C16H19BN2O5S/c1-23-16(21)12-4-2-3-10-7-13(17(22)24-15(10)12)19-14(20)6-5-11-8-18-9-25-11/h2-4,8-9,13,16,21-22H,5-7H2,1H3,(H,19,20)/t13-,16?/m0/s1. The fourth-order valence-electron chi connectivity index (χ4n) is 2.77. The van der Waals surface area contributed by atoms with Crippen molar-refractivity contribution in [1.29, 1.82) is 0 Å². The molecule has 0 aliphatic carbocycles.